The van der Waals surface area contributed by atoms with Gasteiger partial charge in [-0.3, -0.25) is 9.59 Å². The first-order valence-corrected chi connectivity index (χ1v) is 8.22. The third-order valence-electron chi connectivity index (χ3n) is 4.00. The summed E-state index contributed by atoms with van der Waals surface area (Å²) in [4.78, 5) is 26.6. The molecule has 3 rings (SSSR count). The quantitative estimate of drug-likeness (QED) is 0.728. The summed E-state index contributed by atoms with van der Waals surface area (Å²) >= 11 is 0. The van der Waals surface area contributed by atoms with Crippen LogP contribution < -0.4 is 15.6 Å². The Morgan fingerprint density at radius 2 is 1.96 bits per heavy atom. The van der Waals surface area contributed by atoms with Gasteiger partial charge in [-0.15, -0.1) is 0 Å². The maximum Gasteiger partial charge on any atom is 0.248 e. The molecular formula is C21H20N2O3. The Balaban J connectivity index is 1.80. The van der Waals surface area contributed by atoms with E-state index >= 15 is 0 Å². The van der Waals surface area contributed by atoms with Gasteiger partial charge in [-0.1, -0.05) is 17.7 Å². The molecule has 2 aromatic carbocycles. The molecule has 1 heterocycles. The first kappa shape index (κ1) is 17.5. The van der Waals surface area contributed by atoms with Crippen molar-refractivity contribution in [3.05, 3.63) is 76.2 Å². The number of aryl methyl sites for hydroxylation is 1. The number of benzene rings is 2. The van der Waals surface area contributed by atoms with Gasteiger partial charge in [-0.25, -0.2) is 0 Å². The zero-order valence-corrected chi connectivity index (χ0v) is 14.9. The van der Waals surface area contributed by atoms with Gasteiger partial charge >= 0.3 is 0 Å². The van der Waals surface area contributed by atoms with Crippen LogP contribution >= 0.6 is 0 Å². The molecule has 0 radical (unpaired) electrons. The fraction of sp³-hybridized carbons (Fsp3) is 0.143. The number of carbonyl (C=O) groups is 1. The number of rotatable bonds is 4. The summed E-state index contributed by atoms with van der Waals surface area (Å²) in [6.07, 6.45) is 4.17. The fourth-order valence-electron chi connectivity index (χ4n) is 2.59. The maximum absolute atomic E-state index is 12.5. The Bertz CT molecular complexity index is 1050. The summed E-state index contributed by atoms with van der Waals surface area (Å²) in [7, 11) is 3.86. The first-order chi connectivity index (χ1) is 12.4. The maximum atomic E-state index is 12.5. The van der Waals surface area contributed by atoms with Crippen molar-refractivity contribution in [1.29, 1.82) is 0 Å². The van der Waals surface area contributed by atoms with Crippen molar-refractivity contribution in [3.63, 3.8) is 0 Å². The number of carbonyl (C=O) groups excluding carboxylic acids is 1. The number of nitrogens with zero attached hydrogens (tertiary/aromatic N) is 1. The van der Waals surface area contributed by atoms with Crippen LogP contribution in [0.2, 0.25) is 0 Å². The molecule has 1 N–H and O–H groups in total. The molecule has 0 aliphatic rings. The van der Waals surface area contributed by atoms with Gasteiger partial charge in [0, 0.05) is 31.5 Å². The average molecular weight is 348 g/mol. The lowest BCUT2D eigenvalue weighted by Gasteiger charge is -2.13. The van der Waals surface area contributed by atoms with Gasteiger partial charge in [-0.2, -0.15) is 0 Å². The van der Waals surface area contributed by atoms with Crippen molar-refractivity contribution in [2.24, 2.45) is 0 Å². The number of amides is 1. The van der Waals surface area contributed by atoms with Gasteiger partial charge < -0.3 is 14.6 Å². The van der Waals surface area contributed by atoms with Crippen LogP contribution in [0.3, 0.4) is 0 Å². The van der Waals surface area contributed by atoms with Crippen molar-refractivity contribution >= 4 is 34.3 Å². The van der Waals surface area contributed by atoms with Crippen LogP contribution in [0.15, 0.2) is 64.0 Å². The second-order valence-corrected chi connectivity index (χ2v) is 6.29. The minimum absolute atomic E-state index is 0.159. The molecule has 0 spiro atoms. The second kappa shape index (κ2) is 7.27. The van der Waals surface area contributed by atoms with Gasteiger partial charge in [0.1, 0.15) is 11.8 Å². The Morgan fingerprint density at radius 1 is 1.15 bits per heavy atom. The van der Waals surface area contributed by atoms with E-state index in [0.717, 1.165) is 11.3 Å². The SMILES string of the molecule is Cc1ccc2occ(/C=C/C(=O)Nc3cccc(N(C)C)c3)c(=O)c2c1. The van der Waals surface area contributed by atoms with Gasteiger partial charge in [-0.05, 0) is 43.3 Å². The highest BCUT2D eigenvalue weighted by atomic mass is 16.3. The predicted molar refractivity (Wildman–Crippen MR) is 106 cm³/mol. The zero-order chi connectivity index (χ0) is 18.7. The van der Waals surface area contributed by atoms with Crippen LogP contribution in [-0.2, 0) is 4.79 Å². The van der Waals surface area contributed by atoms with Crippen LogP contribution in [0.4, 0.5) is 11.4 Å². The average Bonchev–Trinajstić information content (AvgIpc) is 2.62. The minimum atomic E-state index is -0.315. The molecule has 0 fully saturated rings. The van der Waals surface area contributed by atoms with Crippen LogP contribution in [-0.4, -0.2) is 20.0 Å². The molecule has 1 amide bonds. The van der Waals surface area contributed by atoms with E-state index in [2.05, 4.69) is 5.32 Å². The molecule has 26 heavy (non-hydrogen) atoms. The van der Waals surface area contributed by atoms with E-state index in [9.17, 15) is 9.59 Å². The molecule has 0 atom stereocenters. The molecule has 132 valence electrons. The van der Waals surface area contributed by atoms with Crippen molar-refractivity contribution in [1.82, 2.24) is 0 Å². The summed E-state index contributed by atoms with van der Waals surface area (Å²) in [6, 6.07) is 12.9. The molecule has 0 aliphatic heterocycles. The van der Waals surface area contributed by atoms with Gasteiger partial charge in [0.15, 0.2) is 5.43 Å². The molecule has 5 heteroatoms. The standard InChI is InChI=1S/C21H20N2O3/c1-14-7-9-19-18(11-14)21(25)15(13-26-19)8-10-20(24)22-16-5-4-6-17(12-16)23(2)3/h4-13H,1-3H3,(H,22,24)/b10-8+. The highest BCUT2D eigenvalue weighted by molar-refractivity contribution is 6.02. The van der Waals surface area contributed by atoms with Crippen molar-refractivity contribution < 1.29 is 9.21 Å². The monoisotopic (exact) mass is 348 g/mol. The molecule has 0 aliphatic carbocycles. The minimum Gasteiger partial charge on any atom is -0.463 e. The molecule has 5 nitrogen and oxygen atoms in total. The Morgan fingerprint density at radius 3 is 2.73 bits per heavy atom. The molecular weight excluding hydrogens is 328 g/mol. The number of hydrogen-bond donors (Lipinski definition) is 1. The highest BCUT2D eigenvalue weighted by Gasteiger charge is 2.06. The molecule has 0 bridgehead atoms. The predicted octanol–water partition coefficient (Wildman–Crippen LogP) is 3.82. The first-order valence-electron chi connectivity index (χ1n) is 8.22. The van der Waals surface area contributed by atoms with Crippen LogP contribution in [0.1, 0.15) is 11.1 Å². The normalized spacial score (nSPS) is 11.0. The van der Waals surface area contributed by atoms with Gasteiger partial charge in [0.2, 0.25) is 5.91 Å². The highest BCUT2D eigenvalue weighted by Crippen LogP contribution is 2.17. The van der Waals surface area contributed by atoms with Crippen LogP contribution in [0, 0.1) is 6.92 Å². The van der Waals surface area contributed by atoms with Crippen molar-refractivity contribution in [3.8, 4) is 0 Å². The summed E-state index contributed by atoms with van der Waals surface area (Å²) in [5.41, 5.74) is 3.35. The van der Waals surface area contributed by atoms with E-state index in [1.165, 1.54) is 18.4 Å². The Kier molecular flexibility index (Phi) is 4.89. The third kappa shape index (κ3) is 3.83. The molecule has 0 saturated carbocycles. The van der Waals surface area contributed by atoms with E-state index in [-0.39, 0.29) is 11.3 Å². The zero-order valence-electron chi connectivity index (χ0n) is 14.9. The van der Waals surface area contributed by atoms with Gasteiger partial charge in [0.25, 0.3) is 0 Å². The Labute approximate surface area is 151 Å². The second-order valence-electron chi connectivity index (χ2n) is 6.29. The van der Waals surface area contributed by atoms with Gasteiger partial charge in [0.05, 0.1) is 10.9 Å². The number of anilines is 2. The van der Waals surface area contributed by atoms with E-state index in [0.29, 0.717) is 22.2 Å². The number of nitrogens with one attached hydrogen (secondary N) is 1. The van der Waals surface area contributed by atoms with E-state index in [4.69, 9.17) is 4.42 Å². The van der Waals surface area contributed by atoms with Crippen molar-refractivity contribution in [2.75, 3.05) is 24.3 Å². The molecule has 0 unspecified atom stereocenters. The summed E-state index contributed by atoms with van der Waals surface area (Å²) in [5, 5.41) is 3.29. The summed E-state index contributed by atoms with van der Waals surface area (Å²) in [6.45, 7) is 1.91. The smallest absolute Gasteiger partial charge is 0.248 e. The fourth-order valence-corrected chi connectivity index (χ4v) is 2.59. The summed E-state index contributed by atoms with van der Waals surface area (Å²) in [5.74, 6) is -0.315. The number of fused-ring (bicyclic) bond motifs is 1. The van der Waals surface area contributed by atoms with E-state index in [1.54, 1.807) is 12.1 Å². The largest absolute Gasteiger partial charge is 0.463 e. The lowest BCUT2D eigenvalue weighted by Crippen LogP contribution is -2.11. The molecule has 1 aromatic heterocycles. The van der Waals surface area contributed by atoms with E-state index in [1.807, 2.05) is 56.3 Å². The lowest BCUT2D eigenvalue weighted by atomic mass is 10.1. The lowest BCUT2D eigenvalue weighted by molar-refractivity contribution is -0.111. The van der Waals surface area contributed by atoms with Crippen LogP contribution in [0.5, 0.6) is 0 Å². The van der Waals surface area contributed by atoms with Crippen molar-refractivity contribution in [2.45, 2.75) is 6.92 Å². The Hall–Kier alpha value is -3.34. The third-order valence-corrected chi connectivity index (χ3v) is 4.00. The van der Waals surface area contributed by atoms with E-state index < -0.39 is 0 Å². The molecule has 0 saturated heterocycles. The number of hydrogen-bond acceptors (Lipinski definition) is 4. The molecule has 3 aromatic rings. The van der Waals surface area contributed by atoms with Crippen LogP contribution in [0.25, 0.3) is 17.0 Å². The summed E-state index contributed by atoms with van der Waals surface area (Å²) < 4.78 is 5.48. The topological polar surface area (TPSA) is 62.6 Å².